The molecule has 1 aromatic carbocycles. The van der Waals surface area contributed by atoms with Crippen molar-refractivity contribution in [2.75, 3.05) is 0 Å². The maximum Gasteiger partial charge on any atom is 0.417 e. The lowest BCUT2D eigenvalue weighted by atomic mass is 10.1. The monoisotopic (exact) mass is 285 g/mol. The molecule has 2 rings (SSSR count). The molecule has 0 saturated carbocycles. The van der Waals surface area contributed by atoms with Gasteiger partial charge in [-0.25, -0.2) is 0 Å². The minimum atomic E-state index is -4.59. The maximum atomic E-state index is 12.8. The zero-order chi connectivity index (χ0) is 14.8. The molecular formula is C12H10F3N3O2. The van der Waals surface area contributed by atoms with Crippen LogP contribution in [0.1, 0.15) is 27.6 Å². The van der Waals surface area contributed by atoms with E-state index >= 15 is 0 Å². The SMILES string of the molecule is Cc1nc(CNC(=O)c2ccccc2C(F)(F)F)no1. The average Bonchev–Trinajstić information content (AvgIpc) is 2.81. The predicted molar refractivity (Wildman–Crippen MR) is 61.6 cm³/mol. The number of alkyl halides is 3. The van der Waals surface area contributed by atoms with Crippen molar-refractivity contribution in [2.45, 2.75) is 19.6 Å². The van der Waals surface area contributed by atoms with E-state index in [-0.39, 0.29) is 12.4 Å². The van der Waals surface area contributed by atoms with Gasteiger partial charge < -0.3 is 9.84 Å². The Kier molecular flexibility index (Phi) is 3.73. The first-order valence-electron chi connectivity index (χ1n) is 5.61. The number of carbonyl (C=O) groups excluding carboxylic acids is 1. The lowest BCUT2D eigenvalue weighted by molar-refractivity contribution is -0.137. The molecule has 106 valence electrons. The summed E-state index contributed by atoms with van der Waals surface area (Å²) in [4.78, 5) is 15.6. The number of hydrogen-bond acceptors (Lipinski definition) is 4. The number of nitrogens with one attached hydrogen (secondary N) is 1. The molecule has 0 saturated heterocycles. The Balaban J connectivity index is 2.13. The molecule has 1 N–H and O–H groups in total. The van der Waals surface area contributed by atoms with E-state index in [1.807, 2.05) is 0 Å². The van der Waals surface area contributed by atoms with Crippen molar-refractivity contribution in [3.63, 3.8) is 0 Å². The van der Waals surface area contributed by atoms with E-state index in [1.165, 1.54) is 12.1 Å². The van der Waals surface area contributed by atoms with E-state index < -0.39 is 23.2 Å². The van der Waals surface area contributed by atoms with Gasteiger partial charge in [-0.2, -0.15) is 18.2 Å². The van der Waals surface area contributed by atoms with Crippen LogP contribution in [0.2, 0.25) is 0 Å². The van der Waals surface area contributed by atoms with E-state index in [9.17, 15) is 18.0 Å². The highest BCUT2D eigenvalue weighted by Crippen LogP contribution is 2.31. The van der Waals surface area contributed by atoms with Crippen LogP contribution in [0.25, 0.3) is 0 Å². The zero-order valence-corrected chi connectivity index (χ0v) is 10.4. The first-order chi connectivity index (χ1) is 9.38. The van der Waals surface area contributed by atoms with Crippen molar-refractivity contribution in [3.05, 3.63) is 47.1 Å². The Hall–Kier alpha value is -2.38. The lowest BCUT2D eigenvalue weighted by Crippen LogP contribution is -2.26. The van der Waals surface area contributed by atoms with E-state index in [2.05, 4.69) is 20.0 Å². The number of nitrogens with zero attached hydrogens (tertiary/aromatic N) is 2. The number of halogens is 3. The molecule has 0 radical (unpaired) electrons. The van der Waals surface area contributed by atoms with Crippen LogP contribution in [0.4, 0.5) is 13.2 Å². The summed E-state index contributed by atoms with van der Waals surface area (Å²) >= 11 is 0. The molecule has 8 heteroatoms. The van der Waals surface area contributed by atoms with Crippen molar-refractivity contribution in [2.24, 2.45) is 0 Å². The Labute approximate surface area is 111 Å². The van der Waals surface area contributed by atoms with Crippen molar-refractivity contribution in [1.82, 2.24) is 15.5 Å². The van der Waals surface area contributed by atoms with Crippen molar-refractivity contribution in [1.29, 1.82) is 0 Å². The number of rotatable bonds is 3. The summed E-state index contributed by atoms with van der Waals surface area (Å²) in [7, 11) is 0. The third-order valence-corrected chi connectivity index (χ3v) is 2.45. The normalized spacial score (nSPS) is 11.4. The van der Waals surface area contributed by atoms with Gasteiger partial charge in [0.25, 0.3) is 5.91 Å². The summed E-state index contributed by atoms with van der Waals surface area (Å²) in [5, 5.41) is 5.85. The van der Waals surface area contributed by atoms with Crippen LogP contribution in [0.3, 0.4) is 0 Å². The van der Waals surface area contributed by atoms with E-state index in [0.29, 0.717) is 5.89 Å². The van der Waals surface area contributed by atoms with Crippen LogP contribution in [0, 0.1) is 6.92 Å². The van der Waals surface area contributed by atoms with Crippen LogP contribution in [-0.4, -0.2) is 16.0 Å². The molecular weight excluding hydrogens is 275 g/mol. The summed E-state index contributed by atoms with van der Waals surface area (Å²) in [5.74, 6) is -0.342. The fourth-order valence-electron chi connectivity index (χ4n) is 1.60. The van der Waals surface area contributed by atoms with Crippen LogP contribution < -0.4 is 5.32 Å². The third kappa shape index (κ3) is 3.14. The topological polar surface area (TPSA) is 68.0 Å². The number of amides is 1. The Morgan fingerprint density at radius 3 is 2.65 bits per heavy atom. The Morgan fingerprint density at radius 1 is 1.35 bits per heavy atom. The quantitative estimate of drug-likeness (QED) is 0.939. The van der Waals surface area contributed by atoms with Gasteiger partial charge in [0.05, 0.1) is 17.7 Å². The Morgan fingerprint density at radius 2 is 2.05 bits per heavy atom. The smallest absolute Gasteiger partial charge is 0.345 e. The number of carbonyl (C=O) groups is 1. The van der Waals surface area contributed by atoms with Gasteiger partial charge in [0.1, 0.15) is 0 Å². The first kappa shape index (κ1) is 14.0. The van der Waals surface area contributed by atoms with Gasteiger partial charge >= 0.3 is 6.18 Å². The highest BCUT2D eigenvalue weighted by atomic mass is 19.4. The van der Waals surface area contributed by atoms with E-state index in [4.69, 9.17) is 0 Å². The highest BCUT2D eigenvalue weighted by molar-refractivity contribution is 5.95. The van der Waals surface area contributed by atoms with Gasteiger partial charge in [0.2, 0.25) is 5.89 Å². The predicted octanol–water partition coefficient (Wildman–Crippen LogP) is 2.33. The standard InChI is InChI=1S/C12H10F3N3O2/c1-7-17-10(18-20-7)6-16-11(19)8-4-2-3-5-9(8)12(13,14)15/h2-5H,6H2,1H3,(H,16,19). The minimum Gasteiger partial charge on any atom is -0.345 e. The third-order valence-electron chi connectivity index (χ3n) is 2.45. The average molecular weight is 285 g/mol. The molecule has 0 aliphatic carbocycles. The molecule has 0 bridgehead atoms. The first-order valence-corrected chi connectivity index (χ1v) is 5.61. The molecule has 0 fully saturated rings. The van der Waals surface area contributed by atoms with Crippen LogP contribution in [0.15, 0.2) is 28.8 Å². The molecule has 2 aromatic rings. The molecule has 0 unspecified atom stereocenters. The Bertz CT molecular complexity index is 622. The number of hydrogen-bond donors (Lipinski definition) is 1. The van der Waals surface area contributed by atoms with Gasteiger partial charge in [-0.3, -0.25) is 4.79 Å². The second kappa shape index (κ2) is 5.32. The second-order valence-corrected chi connectivity index (χ2v) is 3.96. The van der Waals surface area contributed by atoms with Crippen molar-refractivity contribution < 1.29 is 22.5 Å². The molecule has 20 heavy (non-hydrogen) atoms. The van der Waals surface area contributed by atoms with Crippen molar-refractivity contribution >= 4 is 5.91 Å². The fraction of sp³-hybridized carbons (Fsp3) is 0.250. The second-order valence-electron chi connectivity index (χ2n) is 3.96. The summed E-state index contributed by atoms with van der Waals surface area (Å²) in [6.07, 6.45) is -4.59. The molecule has 0 aliphatic rings. The largest absolute Gasteiger partial charge is 0.417 e. The molecule has 1 aromatic heterocycles. The minimum absolute atomic E-state index is 0.109. The summed E-state index contributed by atoms with van der Waals surface area (Å²) in [5.41, 5.74) is -1.43. The van der Waals surface area contributed by atoms with Gasteiger partial charge in [-0.05, 0) is 12.1 Å². The molecule has 1 amide bonds. The summed E-state index contributed by atoms with van der Waals surface area (Å²) < 4.78 is 43.0. The fourth-order valence-corrected chi connectivity index (χ4v) is 1.60. The molecule has 1 heterocycles. The van der Waals surface area contributed by atoms with Crippen LogP contribution in [-0.2, 0) is 12.7 Å². The van der Waals surface area contributed by atoms with Crippen molar-refractivity contribution in [3.8, 4) is 0 Å². The summed E-state index contributed by atoms with van der Waals surface area (Å²) in [6.45, 7) is 1.46. The van der Waals surface area contributed by atoms with Gasteiger partial charge in [0, 0.05) is 6.92 Å². The van der Waals surface area contributed by atoms with Crippen LogP contribution >= 0.6 is 0 Å². The molecule has 0 aliphatic heterocycles. The maximum absolute atomic E-state index is 12.8. The number of benzene rings is 1. The van der Waals surface area contributed by atoms with E-state index in [0.717, 1.165) is 12.1 Å². The molecule has 5 nitrogen and oxygen atoms in total. The number of aryl methyl sites for hydroxylation is 1. The molecule has 0 spiro atoms. The van der Waals surface area contributed by atoms with E-state index in [1.54, 1.807) is 6.92 Å². The molecule has 0 atom stereocenters. The van der Waals surface area contributed by atoms with Gasteiger partial charge in [0.15, 0.2) is 5.82 Å². The van der Waals surface area contributed by atoms with Crippen LogP contribution in [0.5, 0.6) is 0 Å². The van der Waals surface area contributed by atoms with Gasteiger partial charge in [-0.1, -0.05) is 17.3 Å². The lowest BCUT2D eigenvalue weighted by Gasteiger charge is -2.11. The van der Waals surface area contributed by atoms with Gasteiger partial charge in [-0.15, -0.1) is 0 Å². The summed E-state index contributed by atoms with van der Waals surface area (Å²) in [6, 6.07) is 4.55. The zero-order valence-electron chi connectivity index (χ0n) is 10.4. The number of aromatic nitrogens is 2. The highest BCUT2D eigenvalue weighted by Gasteiger charge is 2.34.